The zero-order valence-corrected chi connectivity index (χ0v) is 10.7. The van der Waals surface area contributed by atoms with Gasteiger partial charge in [-0.1, -0.05) is 56.9 Å². The summed E-state index contributed by atoms with van der Waals surface area (Å²) in [5.74, 6) is 0.0181. The molecular weight excluding hydrogens is 198 g/mol. The number of allylic oxidation sites excluding steroid dienone is 3. The van der Waals surface area contributed by atoms with Crippen LogP contribution in [0.1, 0.15) is 52.4 Å². The van der Waals surface area contributed by atoms with Crippen LogP contribution < -0.4 is 5.32 Å². The van der Waals surface area contributed by atoms with Gasteiger partial charge in [0.2, 0.25) is 5.91 Å². The van der Waals surface area contributed by atoms with Crippen molar-refractivity contribution >= 4 is 5.91 Å². The average Bonchev–Trinajstić information content (AvgIpc) is 2.25. The molecule has 1 amide bonds. The van der Waals surface area contributed by atoms with Crippen LogP contribution in [0.4, 0.5) is 0 Å². The molecule has 1 N–H and O–H groups in total. The highest BCUT2D eigenvalue weighted by Crippen LogP contribution is 2.05. The molecule has 0 aliphatic heterocycles. The largest absolute Gasteiger partial charge is 0.353 e. The standard InChI is InChI=1S/C14H25NO/c1-3-4-5-6-7-8-9-10-11-12-13-15-14(2)16/h9-12H,3-8,13H2,1-2H3,(H,15,16). The fraction of sp³-hybridized carbons (Fsp3) is 0.643. The van der Waals surface area contributed by atoms with Gasteiger partial charge < -0.3 is 5.32 Å². The van der Waals surface area contributed by atoms with Crippen molar-refractivity contribution in [1.29, 1.82) is 0 Å². The molecule has 0 spiro atoms. The van der Waals surface area contributed by atoms with E-state index < -0.39 is 0 Å². The van der Waals surface area contributed by atoms with E-state index in [0.717, 1.165) is 6.42 Å². The lowest BCUT2D eigenvalue weighted by Crippen LogP contribution is -2.19. The molecule has 16 heavy (non-hydrogen) atoms. The van der Waals surface area contributed by atoms with Crippen molar-refractivity contribution in [2.45, 2.75) is 52.4 Å². The summed E-state index contributed by atoms with van der Waals surface area (Å²) in [6.45, 7) is 4.38. The van der Waals surface area contributed by atoms with E-state index in [9.17, 15) is 4.79 Å². The molecule has 0 heterocycles. The van der Waals surface area contributed by atoms with Crippen molar-refractivity contribution in [3.63, 3.8) is 0 Å². The fourth-order valence-corrected chi connectivity index (χ4v) is 1.39. The number of carbonyl (C=O) groups is 1. The maximum atomic E-state index is 10.5. The molecule has 0 aromatic heterocycles. The van der Waals surface area contributed by atoms with E-state index in [1.165, 1.54) is 39.0 Å². The molecule has 0 radical (unpaired) electrons. The highest BCUT2D eigenvalue weighted by Gasteiger charge is 1.86. The number of unbranched alkanes of at least 4 members (excludes halogenated alkanes) is 5. The number of rotatable bonds is 9. The molecule has 0 unspecified atom stereocenters. The molecule has 2 nitrogen and oxygen atoms in total. The molecule has 0 aromatic carbocycles. The van der Waals surface area contributed by atoms with E-state index in [2.05, 4.69) is 24.4 Å². The van der Waals surface area contributed by atoms with Crippen molar-refractivity contribution < 1.29 is 4.79 Å². The van der Waals surface area contributed by atoms with Crippen LogP contribution in [-0.2, 0) is 4.79 Å². The van der Waals surface area contributed by atoms with Crippen molar-refractivity contribution in [2.24, 2.45) is 0 Å². The molecule has 92 valence electrons. The number of nitrogens with one attached hydrogen (secondary N) is 1. The Balaban J connectivity index is 3.23. The van der Waals surface area contributed by atoms with Gasteiger partial charge in [-0.15, -0.1) is 0 Å². The minimum absolute atomic E-state index is 0.0181. The van der Waals surface area contributed by atoms with Crippen LogP contribution in [0.3, 0.4) is 0 Å². The Hall–Kier alpha value is -1.05. The van der Waals surface area contributed by atoms with Crippen molar-refractivity contribution in [2.75, 3.05) is 6.54 Å². The van der Waals surface area contributed by atoms with Gasteiger partial charge in [-0.2, -0.15) is 0 Å². The fourth-order valence-electron chi connectivity index (χ4n) is 1.39. The molecule has 0 fully saturated rings. The molecule has 2 heteroatoms. The number of carbonyl (C=O) groups excluding carboxylic acids is 1. The first-order chi connectivity index (χ1) is 7.77. The van der Waals surface area contributed by atoms with Crippen LogP contribution in [0, 0.1) is 0 Å². The monoisotopic (exact) mass is 223 g/mol. The van der Waals surface area contributed by atoms with Gasteiger partial charge in [-0.3, -0.25) is 4.79 Å². The van der Waals surface area contributed by atoms with Gasteiger partial charge in [0.25, 0.3) is 0 Å². The minimum atomic E-state index is 0.0181. The lowest BCUT2D eigenvalue weighted by Gasteiger charge is -1.95. The second-order valence-corrected chi connectivity index (χ2v) is 4.00. The molecule has 0 bridgehead atoms. The third kappa shape index (κ3) is 12.9. The smallest absolute Gasteiger partial charge is 0.217 e. The molecule has 0 aliphatic carbocycles. The SMILES string of the molecule is CCCCCCCC=CC=CCNC(C)=O. The highest BCUT2D eigenvalue weighted by molar-refractivity contribution is 5.72. The maximum Gasteiger partial charge on any atom is 0.217 e. The van der Waals surface area contributed by atoms with E-state index in [0.29, 0.717) is 6.54 Å². The third-order valence-electron chi connectivity index (χ3n) is 2.33. The lowest BCUT2D eigenvalue weighted by atomic mass is 10.1. The molecule has 0 aromatic rings. The summed E-state index contributed by atoms with van der Waals surface area (Å²) >= 11 is 0. The Morgan fingerprint density at radius 1 is 1.06 bits per heavy atom. The predicted molar refractivity (Wildman–Crippen MR) is 70.3 cm³/mol. The number of hydrogen-bond acceptors (Lipinski definition) is 1. The number of hydrogen-bond donors (Lipinski definition) is 1. The first kappa shape index (κ1) is 14.9. The Labute approximate surface area is 99.8 Å². The maximum absolute atomic E-state index is 10.5. The Bertz CT molecular complexity index is 219. The Kier molecular flexibility index (Phi) is 11.2. The summed E-state index contributed by atoms with van der Waals surface area (Å²) < 4.78 is 0. The first-order valence-corrected chi connectivity index (χ1v) is 6.33. The normalized spacial score (nSPS) is 11.4. The van der Waals surface area contributed by atoms with Gasteiger partial charge in [0, 0.05) is 13.5 Å². The van der Waals surface area contributed by atoms with Gasteiger partial charge in [-0.05, 0) is 12.8 Å². The van der Waals surface area contributed by atoms with Gasteiger partial charge in [0.05, 0.1) is 0 Å². The average molecular weight is 223 g/mol. The van der Waals surface area contributed by atoms with Crippen LogP contribution in [0.2, 0.25) is 0 Å². The summed E-state index contributed by atoms with van der Waals surface area (Å²) in [6.07, 6.45) is 16.0. The van der Waals surface area contributed by atoms with Crippen LogP contribution in [-0.4, -0.2) is 12.5 Å². The second kappa shape index (κ2) is 12.0. The van der Waals surface area contributed by atoms with Gasteiger partial charge in [-0.25, -0.2) is 0 Å². The molecule has 0 saturated heterocycles. The highest BCUT2D eigenvalue weighted by atomic mass is 16.1. The van der Waals surface area contributed by atoms with Crippen LogP contribution in [0.25, 0.3) is 0 Å². The number of amides is 1. The summed E-state index contributed by atoms with van der Waals surface area (Å²) in [7, 11) is 0. The third-order valence-corrected chi connectivity index (χ3v) is 2.33. The van der Waals surface area contributed by atoms with Crippen molar-refractivity contribution in [3.8, 4) is 0 Å². The summed E-state index contributed by atoms with van der Waals surface area (Å²) in [5.41, 5.74) is 0. The van der Waals surface area contributed by atoms with E-state index in [1.54, 1.807) is 0 Å². The summed E-state index contributed by atoms with van der Waals surface area (Å²) in [6, 6.07) is 0. The Morgan fingerprint density at radius 3 is 2.44 bits per heavy atom. The van der Waals surface area contributed by atoms with E-state index >= 15 is 0 Å². The van der Waals surface area contributed by atoms with Gasteiger partial charge in [0.15, 0.2) is 0 Å². The summed E-state index contributed by atoms with van der Waals surface area (Å²) in [4.78, 5) is 10.5. The quantitative estimate of drug-likeness (QED) is 0.469. The predicted octanol–water partition coefficient (Wildman–Crippen LogP) is 3.60. The van der Waals surface area contributed by atoms with E-state index in [1.807, 2.05) is 12.2 Å². The lowest BCUT2D eigenvalue weighted by molar-refractivity contribution is -0.118. The molecule has 0 atom stereocenters. The van der Waals surface area contributed by atoms with Crippen molar-refractivity contribution in [1.82, 2.24) is 5.32 Å². The minimum Gasteiger partial charge on any atom is -0.353 e. The van der Waals surface area contributed by atoms with Crippen molar-refractivity contribution in [3.05, 3.63) is 24.3 Å². The zero-order chi connectivity index (χ0) is 12.1. The van der Waals surface area contributed by atoms with E-state index in [4.69, 9.17) is 0 Å². The molecule has 0 rings (SSSR count). The topological polar surface area (TPSA) is 29.1 Å². The van der Waals surface area contributed by atoms with Crippen LogP contribution in [0.15, 0.2) is 24.3 Å². The molecule has 0 saturated carbocycles. The van der Waals surface area contributed by atoms with Gasteiger partial charge in [0.1, 0.15) is 0 Å². The van der Waals surface area contributed by atoms with Crippen LogP contribution >= 0.6 is 0 Å². The van der Waals surface area contributed by atoms with Gasteiger partial charge >= 0.3 is 0 Å². The summed E-state index contributed by atoms with van der Waals surface area (Å²) in [5, 5.41) is 2.71. The zero-order valence-electron chi connectivity index (χ0n) is 10.7. The van der Waals surface area contributed by atoms with E-state index in [-0.39, 0.29) is 5.91 Å². The molecular formula is C14H25NO. The Morgan fingerprint density at radius 2 is 1.75 bits per heavy atom. The molecule has 0 aliphatic rings. The first-order valence-electron chi connectivity index (χ1n) is 6.33. The van der Waals surface area contributed by atoms with Crippen LogP contribution in [0.5, 0.6) is 0 Å². The second-order valence-electron chi connectivity index (χ2n) is 4.00.